The van der Waals surface area contributed by atoms with Crippen molar-refractivity contribution in [2.45, 2.75) is 12.5 Å². The summed E-state index contributed by atoms with van der Waals surface area (Å²) in [6.07, 6.45) is 0.403. The molecular weight excluding hydrogens is 228 g/mol. The summed E-state index contributed by atoms with van der Waals surface area (Å²) >= 11 is 0. The van der Waals surface area contributed by atoms with Crippen molar-refractivity contribution in [2.75, 3.05) is 0 Å². The molecule has 0 amide bonds. The number of phenols is 1. The number of benzene rings is 2. The lowest BCUT2D eigenvalue weighted by Crippen LogP contribution is -2.21. The molecule has 3 rings (SSSR count). The van der Waals surface area contributed by atoms with E-state index < -0.39 is 0 Å². The molecule has 1 atom stereocenters. The van der Waals surface area contributed by atoms with Crippen LogP contribution in [-0.2, 0) is 11.2 Å². The molecule has 0 fully saturated rings. The van der Waals surface area contributed by atoms with E-state index in [2.05, 4.69) is 0 Å². The summed E-state index contributed by atoms with van der Waals surface area (Å²) in [4.78, 5) is 11.9. The summed E-state index contributed by atoms with van der Waals surface area (Å²) in [6.45, 7) is 0. The van der Waals surface area contributed by atoms with Gasteiger partial charge in [0, 0.05) is 6.42 Å². The maximum atomic E-state index is 11.9. The van der Waals surface area contributed by atoms with E-state index in [4.69, 9.17) is 4.74 Å². The predicted octanol–water partition coefficient (Wildman–Crippen LogP) is 2.85. The molecule has 1 aliphatic rings. The standard InChI is InChI=1S/C15H12O3/c16-12-7-5-10(6-8-12)14-9-11-3-1-2-4-13(11)15(17)18-14/h1-8,14,16H,9H2. The van der Waals surface area contributed by atoms with Crippen LogP contribution in [-0.4, -0.2) is 11.1 Å². The fourth-order valence-corrected chi connectivity index (χ4v) is 2.21. The normalized spacial score (nSPS) is 18.0. The van der Waals surface area contributed by atoms with Crippen LogP contribution in [0.25, 0.3) is 0 Å². The number of carbonyl (C=O) groups is 1. The molecule has 0 aliphatic carbocycles. The van der Waals surface area contributed by atoms with Crippen LogP contribution in [0.2, 0.25) is 0 Å². The molecule has 0 bridgehead atoms. The summed E-state index contributed by atoms with van der Waals surface area (Å²) in [6, 6.07) is 14.2. The average molecular weight is 240 g/mol. The van der Waals surface area contributed by atoms with Crippen molar-refractivity contribution in [3.8, 4) is 5.75 Å². The van der Waals surface area contributed by atoms with Crippen molar-refractivity contribution in [1.82, 2.24) is 0 Å². The molecule has 2 aromatic carbocycles. The van der Waals surface area contributed by atoms with Crippen molar-refractivity contribution < 1.29 is 14.6 Å². The first-order valence-electron chi connectivity index (χ1n) is 5.82. The first-order valence-corrected chi connectivity index (χ1v) is 5.82. The fraction of sp³-hybridized carbons (Fsp3) is 0.133. The highest BCUT2D eigenvalue weighted by Gasteiger charge is 2.26. The van der Waals surface area contributed by atoms with Gasteiger partial charge in [0.05, 0.1) is 5.56 Å². The Kier molecular flexibility index (Phi) is 2.52. The van der Waals surface area contributed by atoms with Gasteiger partial charge in [-0.05, 0) is 29.3 Å². The number of phenolic OH excluding ortho intramolecular Hbond substituents is 1. The summed E-state index contributed by atoms with van der Waals surface area (Å²) in [5.74, 6) is -0.0730. The number of rotatable bonds is 1. The third-order valence-electron chi connectivity index (χ3n) is 3.16. The summed E-state index contributed by atoms with van der Waals surface area (Å²) in [7, 11) is 0. The third kappa shape index (κ3) is 1.84. The zero-order valence-electron chi connectivity index (χ0n) is 9.67. The van der Waals surface area contributed by atoms with Crippen molar-refractivity contribution in [1.29, 1.82) is 0 Å². The Morgan fingerprint density at radius 3 is 2.56 bits per heavy atom. The van der Waals surface area contributed by atoms with Gasteiger partial charge in [0.2, 0.25) is 0 Å². The van der Waals surface area contributed by atoms with Crippen molar-refractivity contribution in [2.24, 2.45) is 0 Å². The number of hydrogen-bond acceptors (Lipinski definition) is 3. The maximum Gasteiger partial charge on any atom is 0.339 e. The molecule has 2 aromatic rings. The van der Waals surface area contributed by atoms with Crippen LogP contribution in [0.5, 0.6) is 5.75 Å². The Labute approximate surface area is 105 Å². The largest absolute Gasteiger partial charge is 0.508 e. The molecule has 1 aliphatic heterocycles. The van der Waals surface area contributed by atoms with Crippen LogP contribution < -0.4 is 0 Å². The van der Waals surface area contributed by atoms with Gasteiger partial charge in [0.25, 0.3) is 0 Å². The summed E-state index contributed by atoms with van der Waals surface area (Å²) in [5, 5.41) is 9.26. The second kappa shape index (κ2) is 4.18. The van der Waals surface area contributed by atoms with Gasteiger partial charge in [-0.1, -0.05) is 30.3 Å². The Bertz CT molecular complexity index is 587. The maximum absolute atomic E-state index is 11.9. The minimum Gasteiger partial charge on any atom is -0.508 e. The van der Waals surface area contributed by atoms with Crippen molar-refractivity contribution >= 4 is 5.97 Å². The number of esters is 1. The second-order valence-corrected chi connectivity index (χ2v) is 4.35. The highest BCUT2D eigenvalue weighted by atomic mass is 16.5. The van der Waals surface area contributed by atoms with Crippen LogP contribution in [0.3, 0.4) is 0 Å². The molecule has 1 heterocycles. The zero-order valence-corrected chi connectivity index (χ0v) is 9.67. The van der Waals surface area contributed by atoms with Crippen LogP contribution in [0.1, 0.15) is 27.6 Å². The first-order chi connectivity index (χ1) is 8.74. The van der Waals surface area contributed by atoms with E-state index in [1.54, 1.807) is 30.3 Å². The third-order valence-corrected chi connectivity index (χ3v) is 3.16. The average Bonchev–Trinajstić information content (AvgIpc) is 2.39. The smallest absolute Gasteiger partial charge is 0.339 e. The van der Waals surface area contributed by atoms with Gasteiger partial charge in [-0.3, -0.25) is 0 Å². The molecule has 18 heavy (non-hydrogen) atoms. The molecule has 3 heteroatoms. The van der Waals surface area contributed by atoms with Crippen molar-refractivity contribution in [3.05, 3.63) is 65.2 Å². The molecule has 90 valence electrons. The number of hydrogen-bond donors (Lipinski definition) is 1. The van der Waals surface area contributed by atoms with Crippen LogP contribution >= 0.6 is 0 Å². The number of carbonyl (C=O) groups excluding carboxylic acids is 1. The molecule has 0 saturated carbocycles. The quantitative estimate of drug-likeness (QED) is 0.779. The van der Waals surface area contributed by atoms with Crippen LogP contribution in [0.15, 0.2) is 48.5 Å². The Morgan fingerprint density at radius 2 is 1.78 bits per heavy atom. The Morgan fingerprint density at radius 1 is 1.06 bits per heavy atom. The minimum atomic E-state index is -0.282. The lowest BCUT2D eigenvalue weighted by Gasteiger charge is -2.24. The molecule has 3 nitrogen and oxygen atoms in total. The monoisotopic (exact) mass is 240 g/mol. The van der Waals surface area contributed by atoms with E-state index in [1.807, 2.05) is 18.2 Å². The number of ether oxygens (including phenoxy) is 1. The topological polar surface area (TPSA) is 46.5 Å². The van der Waals surface area contributed by atoms with Gasteiger partial charge in [-0.15, -0.1) is 0 Å². The summed E-state index contributed by atoms with van der Waals surface area (Å²) < 4.78 is 5.42. The molecule has 1 unspecified atom stereocenters. The molecule has 0 aromatic heterocycles. The second-order valence-electron chi connectivity index (χ2n) is 4.35. The fourth-order valence-electron chi connectivity index (χ4n) is 2.21. The van der Waals surface area contributed by atoms with Gasteiger partial charge in [0.15, 0.2) is 0 Å². The van der Waals surface area contributed by atoms with E-state index in [0.717, 1.165) is 11.1 Å². The molecule has 0 spiro atoms. The van der Waals surface area contributed by atoms with E-state index in [-0.39, 0.29) is 17.8 Å². The first kappa shape index (κ1) is 10.8. The number of fused-ring (bicyclic) bond motifs is 1. The highest BCUT2D eigenvalue weighted by molar-refractivity contribution is 5.92. The van der Waals surface area contributed by atoms with Gasteiger partial charge in [0.1, 0.15) is 11.9 Å². The van der Waals surface area contributed by atoms with E-state index in [1.165, 1.54) is 0 Å². The van der Waals surface area contributed by atoms with E-state index >= 15 is 0 Å². The van der Waals surface area contributed by atoms with Gasteiger partial charge >= 0.3 is 5.97 Å². The highest BCUT2D eigenvalue weighted by Crippen LogP contribution is 2.30. The molecular formula is C15H12O3. The van der Waals surface area contributed by atoms with Gasteiger partial charge in [-0.2, -0.15) is 0 Å². The Hall–Kier alpha value is -2.29. The van der Waals surface area contributed by atoms with Crippen LogP contribution in [0, 0.1) is 0 Å². The Balaban J connectivity index is 1.94. The number of aromatic hydroxyl groups is 1. The van der Waals surface area contributed by atoms with Gasteiger partial charge < -0.3 is 9.84 Å². The molecule has 1 N–H and O–H groups in total. The zero-order chi connectivity index (χ0) is 12.5. The summed E-state index contributed by atoms with van der Waals surface area (Å²) in [5.41, 5.74) is 2.55. The van der Waals surface area contributed by atoms with E-state index in [0.29, 0.717) is 12.0 Å². The molecule has 0 radical (unpaired) electrons. The van der Waals surface area contributed by atoms with Crippen molar-refractivity contribution in [3.63, 3.8) is 0 Å². The lowest BCUT2D eigenvalue weighted by atomic mass is 9.95. The minimum absolute atomic E-state index is 0.210. The molecule has 0 saturated heterocycles. The SMILES string of the molecule is O=C1OC(c2ccc(O)cc2)Cc2ccccc21. The predicted molar refractivity (Wildman–Crippen MR) is 66.4 cm³/mol. The lowest BCUT2D eigenvalue weighted by molar-refractivity contribution is 0.0253. The van der Waals surface area contributed by atoms with Crippen LogP contribution in [0.4, 0.5) is 0 Å². The van der Waals surface area contributed by atoms with E-state index in [9.17, 15) is 9.90 Å². The number of cyclic esters (lactones) is 1. The van der Waals surface area contributed by atoms with Gasteiger partial charge in [-0.25, -0.2) is 4.79 Å².